The van der Waals surface area contributed by atoms with Crippen LogP contribution in [0.2, 0.25) is 18.1 Å². The second-order valence-electron chi connectivity index (χ2n) is 6.09. The zero-order valence-corrected chi connectivity index (χ0v) is 13.0. The summed E-state index contributed by atoms with van der Waals surface area (Å²) in [6.45, 7) is 15.4. The van der Waals surface area contributed by atoms with Gasteiger partial charge in [0.2, 0.25) is 0 Å². The molecule has 0 aromatic rings. The van der Waals surface area contributed by atoms with Crippen LogP contribution >= 0.6 is 0 Å². The minimum absolute atomic E-state index is 0.155. The van der Waals surface area contributed by atoms with E-state index >= 15 is 0 Å². The summed E-state index contributed by atoms with van der Waals surface area (Å²) in [5.41, 5.74) is 1.11. The van der Waals surface area contributed by atoms with Crippen LogP contribution in [0.15, 0.2) is 11.6 Å². The molecular formula is C13H26O3Si. The summed E-state index contributed by atoms with van der Waals surface area (Å²) in [5.74, 6) is 0. The van der Waals surface area contributed by atoms with Crippen LogP contribution in [0.5, 0.6) is 0 Å². The van der Waals surface area contributed by atoms with Gasteiger partial charge in [-0.25, -0.2) is 0 Å². The van der Waals surface area contributed by atoms with Crippen LogP contribution in [0.4, 0.5) is 0 Å². The molecule has 0 amide bonds. The van der Waals surface area contributed by atoms with E-state index in [1.54, 1.807) is 0 Å². The lowest BCUT2D eigenvalue weighted by Crippen LogP contribution is -2.40. The van der Waals surface area contributed by atoms with Gasteiger partial charge in [-0.3, -0.25) is 0 Å². The standard InChI is InChI=1S/C13H26O3Si/c1-11(12-14-9-10-15-12)7-8-16-17(5,6)13(2,3)4/h7,12H,8-10H2,1-6H3/b11-7+. The van der Waals surface area contributed by atoms with Gasteiger partial charge in [0.05, 0.1) is 19.8 Å². The summed E-state index contributed by atoms with van der Waals surface area (Å²) in [4.78, 5) is 0. The quantitative estimate of drug-likeness (QED) is 0.572. The van der Waals surface area contributed by atoms with Crippen molar-refractivity contribution in [3.05, 3.63) is 11.6 Å². The van der Waals surface area contributed by atoms with Gasteiger partial charge < -0.3 is 13.9 Å². The second-order valence-corrected chi connectivity index (χ2v) is 10.9. The molecule has 0 atom stereocenters. The fourth-order valence-electron chi connectivity index (χ4n) is 1.32. The Kier molecular flexibility index (Phi) is 4.95. The third-order valence-electron chi connectivity index (χ3n) is 3.65. The highest BCUT2D eigenvalue weighted by molar-refractivity contribution is 6.74. The fraction of sp³-hybridized carbons (Fsp3) is 0.846. The molecule has 1 aliphatic rings. The molecule has 1 heterocycles. The molecule has 1 rings (SSSR count). The van der Waals surface area contributed by atoms with E-state index in [4.69, 9.17) is 13.9 Å². The van der Waals surface area contributed by atoms with E-state index in [0.717, 1.165) is 5.57 Å². The Morgan fingerprint density at radius 3 is 2.29 bits per heavy atom. The average Bonchev–Trinajstić information content (AvgIpc) is 2.67. The third kappa shape index (κ3) is 4.21. The summed E-state index contributed by atoms with van der Waals surface area (Å²) >= 11 is 0. The number of rotatable bonds is 4. The van der Waals surface area contributed by atoms with Crippen LogP contribution in [0.25, 0.3) is 0 Å². The van der Waals surface area contributed by atoms with E-state index < -0.39 is 8.32 Å². The Morgan fingerprint density at radius 1 is 1.29 bits per heavy atom. The van der Waals surface area contributed by atoms with Gasteiger partial charge in [-0.15, -0.1) is 0 Å². The Bertz CT molecular complexity index is 273. The molecule has 1 aliphatic heterocycles. The van der Waals surface area contributed by atoms with Crippen LogP contribution in [-0.4, -0.2) is 34.4 Å². The lowest BCUT2D eigenvalue weighted by molar-refractivity contribution is -0.0114. The Labute approximate surface area is 106 Å². The lowest BCUT2D eigenvalue weighted by atomic mass is 10.2. The SMILES string of the molecule is C/C(=C\CO[Si](C)(C)C(C)(C)C)C1OCCO1. The number of hydrogen-bond acceptors (Lipinski definition) is 3. The molecule has 4 heteroatoms. The van der Waals surface area contributed by atoms with Crippen LogP contribution in [0, 0.1) is 0 Å². The first-order valence-electron chi connectivity index (χ1n) is 6.28. The van der Waals surface area contributed by atoms with Crippen molar-refractivity contribution in [1.29, 1.82) is 0 Å². The molecule has 0 aromatic carbocycles. The van der Waals surface area contributed by atoms with E-state index in [1.165, 1.54) is 0 Å². The molecule has 0 N–H and O–H groups in total. The highest BCUT2D eigenvalue weighted by atomic mass is 28.4. The predicted molar refractivity (Wildman–Crippen MR) is 72.6 cm³/mol. The fourth-order valence-corrected chi connectivity index (χ4v) is 2.25. The van der Waals surface area contributed by atoms with Crippen molar-refractivity contribution in [1.82, 2.24) is 0 Å². The van der Waals surface area contributed by atoms with Crippen LogP contribution in [-0.2, 0) is 13.9 Å². The van der Waals surface area contributed by atoms with Gasteiger partial charge in [0.1, 0.15) is 0 Å². The average molecular weight is 258 g/mol. The van der Waals surface area contributed by atoms with Gasteiger partial charge >= 0.3 is 0 Å². The van der Waals surface area contributed by atoms with Gasteiger partial charge in [0.25, 0.3) is 0 Å². The first-order chi connectivity index (χ1) is 7.74. The Balaban J connectivity index is 2.43. The van der Waals surface area contributed by atoms with E-state index in [1.807, 2.05) is 6.92 Å². The molecule has 0 aromatic heterocycles. The molecule has 0 radical (unpaired) electrons. The Hall–Kier alpha value is -0.163. The van der Waals surface area contributed by atoms with Gasteiger partial charge in [-0.05, 0) is 30.6 Å². The first kappa shape index (κ1) is 14.9. The third-order valence-corrected chi connectivity index (χ3v) is 8.15. The second kappa shape index (κ2) is 5.65. The lowest BCUT2D eigenvalue weighted by Gasteiger charge is -2.35. The zero-order chi connectivity index (χ0) is 13.1. The summed E-state index contributed by atoms with van der Waals surface area (Å²) < 4.78 is 16.9. The summed E-state index contributed by atoms with van der Waals surface area (Å²) in [7, 11) is -1.64. The van der Waals surface area contributed by atoms with Crippen molar-refractivity contribution in [2.24, 2.45) is 0 Å². The van der Waals surface area contributed by atoms with Gasteiger partial charge in [-0.1, -0.05) is 26.8 Å². The molecule has 3 nitrogen and oxygen atoms in total. The van der Waals surface area contributed by atoms with E-state index in [-0.39, 0.29) is 11.3 Å². The maximum absolute atomic E-state index is 6.08. The molecule has 0 unspecified atom stereocenters. The monoisotopic (exact) mass is 258 g/mol. The summed E-state index contributed by atoms with van der Waals surface area (Å²) in [5, 5.41) is 0.259. The van der Waals surface area contributed by atoms with Crippen molar-refractivity contribution in [3.8, 4) is 0 Å². The van der Waals surface area contributed by atoms with Crippen molar-refractivity contribution in [2.75, 3.05) is 19.8 Å². The van der Waals surface area contributed by atoms with Gasteiger partial charge in [0.15, 0.2) is 14.6 Å². The minimum Gasteiger partial charge on any atom is -0.413 e. The van der Waals surface area contributed by atoms with Crippen LogP contribution < -0.4 is 0 Å². The molecule has 0 bridgehead atoms. The highest BCUT2D eigenvalue weighted by Crippen LogP contribution is 2.36. The predicted octanol–water partition coefficient (Wildman–Crippen LogP) is 3.33. The molecule has 0 aliphatic carbocycles. The molecular weight excluding hydrogens is 232 g/mol. The maximum atomic E-state index is 6.08. The van der Waals surface area contributed by atoms with Gasteiger partial charge in [0, 0.05) is 0 Å². The van der Waals surface area contributed by atoms with Crippen LogP contribution in [0.3, 0.4) is 0 Å². The normalized spacial score (nSPS) is 20.0. The van der Waals surface area contributed by atoms with Crippen molar-refractivity contribution in [2.45, 2.75) is 52.1 Å². The van der Waals surface area contributed by atoms with Gasteiger partial charge in [-0.2, -0.15) is 0 Å². The number of ether oxygens (including phenoxy) is 2. The maximum Gasteiger partial charge on any atom is 0.192 e. The van der Waals surface area contributed by atoms with E-state index in [2.05, 4.69) is 39.9 Å². The highest BCUT2D eigenvalue weighted by Gasteiger charge is 2.36. The summed E-state index contributed by atoms with van der Waals surface area (Å²) in [6.07, 6.45) is 1.93. The topological polar surface area (TPSA) is 27.7 Å². The van der Waals surface area contributed by atoms with E-state index in [0.29, 0.717) is 19.8 Å². The molecule has 100 valence electrons. The summed E-state index contributed by atoms with van der Waals surface area (Å²) in [6, 6.07) is 0. The van der Waals surface area contributed by atoms with Crippen molar-refractivity contribution < 1.29 is 13.9 Å². The molecule has 1 fully saturated rings. The Morgan fingerprint density at radius 2 is 1.82 bits per heavy atom. The molecule has 0 spiro atoms. The molecule has 0 saturated carbocycles. The van der Waals surface area contributed by atoms with E-state index in [9.17, 15) is 0 Å². The van der Waals surface area contributed by atoms with Crippen LogP contribution in [0.1, 0.15) is 27.7 Å². The van der Waals surface area contributed by atoms with Crippen molar-refractivity contribution >= 4 is 8.32 Å². The molecule has 1 saturated heterocycles. The van der Waals surface area contributed by atoms with Crippen molar-refractivity contribution in [3.63, 3.8) is 0 Å². The zero-order valence-electron chi connectivity index (χ0n) is 12.0. The largest absolute Gasteiger partial charge is 0.413 e. The smallest absolute Gasteiger partial charge is 0.192 e. The first-order valence-corrected chi connectivity index (χ1v) is 9.19. The minimum atomic E-state index is -1.64. The number of hydrogen-bond donors (Lipinski definition) is 0. The molecule has 17 heavy (non-hydrogen) atoms.